The standard InChI is InChI=1S/C26H29F2N3O2S/c1-18(2)14-31(26(33)29-23-6-4-5-22(28)13-23)17-25(32)30(16-24-19(3)11-12-34-24)15-20-7-9-21(27)10-8-20/h4-13,18H,14-17H2,1-3H3,(H,29,33). The van der Waals surface area contributed by atoms with E-state index in [-0.39, 0.29) is 30.7 Å². The number of urea groups is 1. The summed E-state index contributed by atoms with van der Waals surface area (Å²) in [5, 5.41) is 4.65. The van der Waals surface area contributed by atoms with E-state index in [1.165, 1.54) is 35.2 Å². The molecule has 2 aromatic carbocycles. The lowest BCUT2D eigenvalue weighted by molar-refractivity contribution is -0.133. The number of benzene rings is 2. The Kier molecular flexibility index (Phi) is 8.76. The molecule has 180 valence electrons. The van der Waals surface area contributed by atoms with Gasteiger partial charge < -0.3 is 15.1 Å². The monoisotopic (exact) mass is 485 g/mol. The van der Waals surface area contributed by atoms with Crippen LogP contribution in [0.1, 0.15) is 29.9 Å². The molecule has 0 aliphatic carbocycles. The third kappa shape index (κ3) is 7.38. The topological polar surface area (TPSA) is 52.7 Å². The minimum absolute atomic E-state index is 0.121. The van der Waals surface area contributed by atoms with Gasteiger partial charge >= 0.3 is 6.03 Å². The van der Waals surface area contributed by atoms with Gasteiger partial charge in [0, 0.05) is 23.7 Å². The van der Waals surface area contributed by atoms with Gasteiger partial charge in [0.05, 0.1) is 6.54 Å². The summed E-state index contributed by atoms with van der Waals surface area (Å²) in [7, 11) is 0. The smallest absolute Gasteiger partial charge is 0.322 e. The Hall–Kier alpha value is -3.26. The maximum Gasteiger partial charge on any atom is 0.322 e. The number of aryl methyl sites for hydroxylation is 1. The first-order valence-corrected chi connectivity index (χ1v) is 12.0. The van der Waals surface area contributed by atoms with Crippen LogP contribution in [0.5, 0.6) is 0 Å². The minimum Gasteiger partial charge on any atom is -0.332 e. The molecule has 1 heterocycles. The van der Waals surface area contributed by atoms with Crippen LogP contribution in [0.25, 0.3) is 0 Å². The summed E-state index contributed by atoms with van der Waals surface area (Å²) in [6.07, 6.45) is 0. The van der Waals surface area contributed by atoms with Crippen molar-refractivity contribution in [3.05, 3.63) is 87.6 Å². The SMILES string of the molecule is Cc1ccsc1CN(Cc1ccc(F)cc1)C(=O)CN(CC(C)C)C(=O)Nc1cccc(F)c1. The summed E-state index contributed by atoms with van der Waals surface area (Å²) < 4.78 is 26.9. The van der Waals surface area contributed by atoms with Gasteiger partial charge in [-0.2, -0.15) is 0 Å². The highest BCUT2D eigenvalue weighted by Crippen LogP contribution is 2.20. The summed E-state index contributed by atoms with van der Waals surface area (Å²) in [5.41, 5.74) is 2.21. The molecular formula is C26H29F2N3O2S. The van der Waals surface area contributed by atoms with Gasteiger partial charge in [-0.3, -0.25) is 4.79 Å². The Balaban J connectivity index is 1.78. The van der Waals surface area contributed by atoms with Crippen LogP contribution in [0.2, 0.25) is 0 Å². The fourth-order valence-corrected chi connectivity index (χ4v) is 4.39. The Morgan fingerprint density at radius 3 is 2.32 bits per heavy atom. The molecule has 3 rings (SSSR count). The summed E-state index contributed by atoms with van der Waals surface area (Å²) in [6.45, 7) is 6.80. The van der Waals surface area contributed by atoms with E-state index in [9.17, 15) is 18.4 Å². The Morgan fingerprint density at radius 2 is 1.71 bits per heavy atom. The zero-order chi connectivity index (χ0) is 24.7. The van der Waals surface area contributed by atoms with Crippen molar-refractivity contribution in [1.29, 1.82) is 0 Å². The lowest BCUT2D eigenvalue weighted by atomic mass is 10.2. The normalized spacial score (nSPS) is 10.9. The summed E-state index contributed by atoms with van der Waals surface area (Å²) in [6, 6.07) is 13.2. The highest BCUT2D eigenvalue weighted by molar-refractivity contribution is 7.10. The zero-order valence-electron chi connectivity index (χ0n) is 19.6. The minimum atomic E-state index is -0.471. The first-order valence-electron chi connectivity index (χ1n) is 11.1. The molecule has 0 atom stereocenters. The molecule has 5 nitrogen and oxygen atoms in total. The van der Waals surface area contributed by atoms with Crippen LogP contribution in [0.15, 0.2) is 60.0 Å². The first kappa shape index (κ1) is 25.4. The molecule has 0 fully saturated rings. The number of thiophene rings is 1. The van der Waals surface area contributed by atoms with Crippen molar-refractivity contribution < 1.29 is 18.4 Å². The molecule has 0 aliphatic rings. The second-order valence-corrected chi connectivity index (χ2v) is 9.62. The van der Waals surface area contributed by atoms with Gasteiger partial charge in [-0.1, -0.05) is 32.0 Å². The molecular weight excluding hydrogens is 456 g/mol. The number of nitrogens with zero attached hydrogens (tertiary/aromatic N) is 2. The molecule has 0 radical (unpaired) electrons. The average molecular weight is 486 g/mol. The summed E-state index contributed by atoms with van der Waals surface area (Å²) >= 11 is 1.56. The third-order valence-corrected chi connectivity index (χ3v) is 6.22. The molecule has 3 aromatic rings. The third-order valence-electron chi connectivity index (χ3n) is 5.22. The highest BCUT2D eigenvalue weighted by Gasteiger charge is 2.23. The van der Waals surface area contributed by atoms with E-state index in [1.54, 1.807) is 34.4 Å². The summed E-state index contributed by atoms with van der Waals surface area (Å²) in [4.78, 5) is 30.6. The molecule has 0 aliphatic heterocycles. The van der Waals surface area contributed by atoms with Crippen molar-refractivity contribution in [3.63, 3.8) is 0 Å². The van der Waals surface area contributed by atoms with Gasteiger partial charge in [0.25, 0.3) is 0 Å². The summed E-state index contributed by atoms with van der Waals surface area (Å²) in [5.74, 6) is -0.905. The molecule has 8 heteroatoms. The van der Waals surface area contributed by atoms with E-state index in [0.29, 0.717) is 18.8 Å². The van der Waals surface area contributed by atoms with Crippen LogP contribution in [-0.4, -0.2) is 34.8 Å². The van der Waals surface area contributed by atoms with E-state index in [1.807, 2.05) is 32.2 Å². The highest BCUT2D eigenvalue weighted by atomic mass is 32.1. The van der Waals surface area contributed by atoms with E-state index in [4.69, 9.17) is 0 Å². The van der Waals surface area contributed by atoms with Crippen molar-refractivity contribution in [2.45, 2.75) is 33.9 Å². The maximum absolute atomic E-state index is 13.5. The fraction of sp³-hybridized carbons (Fsp3) is 0.308. The molecule has 3 amide bonds. The molecule has 0 bridgehead atoms. The number of carbonyl (C=O) groups is 2. The van der Waals surface area contributed by atoms with Crippen molar-refractivity contribution in [2.75, 3.05) is 18.4 Å². The lowest BCUT2D eigenvalue weighted by Gasteiger charge is -2.29. The zero-order valence-corrected chi connectivity index (χ0v) is 20.4. The number of carbonyl (C=O) groups excluding carboxylic acids is 2. The van der Waals surface area contributed by atoms with E-state index in [2.05, 4.69) is 5.32 Å². The number of halogens is 2. The molecule has 1 N–H and O–H groups in total. The van der Waals surface area contributed by atoms with Crippen LogP contribution >= 0.6 is 11.3 Å². The Labute approximate surface area is 203 Å². The number of hydrogen-bond donors (Lipinski definition) is 1. The molecule has 0 saturated carbocycles. The molecule has 0 saturated heterocycles. The van der Waals surface area contributed by atoms with Gasteiger partial charge in [-0.15, -0.1) is 11.3 Å². The van der Waals surface area contributed by atoms with Crippen LogP contribution in [0.4, 0.5) is 19.3 Å². The number of anilines is 1. The molecule has 0 unspecified atom stereocenters. The van der Waals surface area contributed by atoms with Gasteiger partial charge in [0.1, 0.15) is 18.2 Å². The lowest BCUT2D eigenvalue weighted by Crippen LogP contribution is -2.45. The van der Waals surface area contributed by atoms with Crippen LogP contribution in [0.3, 0.4) is 0 Å². The van der Waals surface area contributed by atoms with Gasteiger partial charge in [-0.25, -0.2) is 13.6 Å². The van der Waals surface area contributed by atoms with Crippen LogP contribution in [-0.2, 0) is 17.9 Å². The fourth-order valence-electron chi connectivity index (χ4n) is 3.47. The van der Waals surface area contributed by atoms with E-state index >= 15 is 0 Å². The van der Waals surface area contributed by atoms with Crippen molar-refractivity contribution in [1.82, 2.24) is 9.80 Å². The number of amides is 3. The predicted octanol–water partition coefficient (Wildman–Crippen LogP) is 6.05. The van der Waals surface area contributed by atoms with Crippen molar-refractivity contribution >= 4 is 29.0 Å². The molecule has 0 spiro atoms. The van der Waals surface area contributed by atoms with Gasteiger partial charge in [-0.05, 0) is 65.7 Å². The largest absolute Gasteiger partial charge is 0.332 e. The van der Waals surface area contributed by atoms with Crippen LogP contribution < -0.4 is 5.32 Å². The van der Waals surface area contributed by atoms with E-state index < -0.39 is 11.8 Å². The maximum atomic E-state index is 13.5. The number of nitrogens with one attached hydrogen (secondary N) is 1. The molecule has 34 heavy (non-hydrogen) atoms. The second-order valence-electron chi connectivity index (χ2n) is 8.62. The van der Waals surface area contributed by atoms with E-state index in [0.717, 1.165) is 16.0 Å². The van der Waals surface area contributed by atoms with Crippen LogP contribution in [0, 0.1) is 24.5 Å². The molecule has 1 aromatic heterocycles. The predicted molar refractivity (Wildman–Crippen MR) is 132 cm³/mol. The number of rotatable bonds is 9. The number of hydrogen-bond acceptors (Lipinski definition) is 3. The second kappa shape index (κ2) is 11.7. The Bertz CT molecular complexity index is 1120. The van der Waals surface area contributed by atoms with Crippen molar-refractivity contribution in [3.8, 4) is 0 Å². The van der Waals surface area contributed by atoms with Crippen molar-refractivity contribution in [2.24, 2.45) is 5.92 Å². The first-order chi connectivity index (χ1) is 16.2. The quantitative estimate of drug-likeness (QED) is 0.401. The van der Waals surface area contributed by atoms with Gasteiger partial charge in [0.2, 0.25) is 5.91 Å². The average Bonchev–Trinajstić information content (AvgIpc) is 3.18. The Morgan fingerprint density at radius 1 is 0.971 bits per heavy atom. The van der Waals surface area contributed by atoms with Gasteiger partial charge in [0.15, 0.2) is 0 Å².